The summed E-state index contributed by atoms with van der Waals surface area (Å²) in [6.45, 7) is 33.5. The molecule has 0 aromatic rings. The Bertz CT molecular complexity index is 470. The molecule has 0 unspecified atom stereocenters. The van der Waals surface area contributed by atoms with Gasteiger partial charge in [-0.05, 0) is 81.5 Å². The molecule has 6 heteroatoms. The van der Waals surface area contributed by atoms with E-state index in [-0.39, 0.29) is 10.1 Å². The normalized spacial score (nSPS) is 15.8. The summed E-state index contributed by atoms with van der Waals surface area (Å²) in [6, 6.07) is 0. The van der Waals surface area contributed by atoms with Gasteiger partial charge in [-0.3, -0.25) is 0 Å². The molecule has 0 aliphatic carbocycles. The molecule has 0 radical (unpaired) electrons. The van der Waals surface area contributed by atoms with Gasteiger partial charge in [0, 0.05) is 18.8 Å². The maximum Gasteiger partial charge on any atom is 0.293 e. The van der Waals surface area contributed by atoms with Gasteiger partial charge in [0.2, 0.25) is 0 Å². The highest BCUT2D eigenvalue weighted by molar-refractivity contribution is 6.74. The van der Waals surface area contributed by atoms with Crippen LogP contribution in [-0.2, 0) is 13.5 Å². The fourth-order valence-corrected chi connectivity index (χ4v) is 6.34. The molecule has 3 nitrogen and oxygen atoms in total. The largest absolute Gasteiger partial charge is 0.436 e. The Kier molecular flexibility index (Phi) is 13.6. The van der Waals surface area contributed by atoms with Gasteiger partial charge in [-0.25, -0.2) is 0 Å². The zero-order valence-corrected chi connectivity index (χ0v) is 26.5. The van der Waals surface area contributed by atoms with Gasteiger partial charge in [-0.15, -0.1) is 0 Å². The van der Waals surface area contributed by atoms with Crippen molar-refractivity contribution >= 4 is 23.6 Å². The van der Waals surface area contributed by atoms with E-state index in [4.69, 9.17) is 13.5 Å². The van der Waals surface area contributed by atoms with Crippen LogP contribution in [0.3, 0.4) is 0 Å². The van der Waals surface area contributed by atoms with Crippen molar-refractivity contribution in [2.24, 2.45) is 5.92 Å². The maximum absolute atomic E-state index is 6.55. The minimum Gasteiger partial charge on any atom is -0.436 e. The molecule has 0 heterocycles. The number of rotatable bonds is 15. The number of hydrogen-bond acceptors (Lipinski definition) is 3. The second kappa shape index (κ2) is 13.5. The van der Waals surface area contributed by atoms with E-state index < -0.39 is 16.6 Å². The van der Waals surface area contributed by atoms with Gasteiger partial charge in [0.15, 0.2) is 16.6 Å². The monoisotopic (exact) mass is 486 g/mol. The van der Waals surface area contributed by atoms with Crippen LogP contribution in [0.5, 0.6) is 0 Å². The van der Waals surface area contributed by atoms with E-state index in [9.17, 15) is 0 Å². The predicted octanol–water partition coefficient (Wildman–Crippen LogP) is 9.03. The van der Waals surface area contributed by atoms with Gasteiger partial charge in [0.25, 0.3) is 6.92 Å². The SMILES string of the molecule is CC(C)COB(CCC[C@H](C)O[Si](C)(C)C(C)(C)C)CCC[C@H](C)O[Si](C)(C)C(C)(C)C. The lowest BCUT2D eigenvalue weighted by Crippen LogP contribution is -2.43. The first-order chi connectivity index (χ1) is 14.3. The summed E-state index contributed by atoms with van der Waals surface area (Å²) < 4.78 is 19.4. The molecule has 0 aliphatic rings. The molecule has 0 N–H and O–H groups in total. The summed E-state index contributed by atoms with van der Waals surface area (Å²) in [5.74, 6) is 0.583. The standard InChI is InChI=1S/C26H59BO3Si2/c1-22(2)21-28-27(19-15-17-23(3)29-31(11,12)25(5,6)7)20-16-18-24(4)30-32(13,14)26(8,9)10/h22-24H,15-21H2,1-14H3/t23-,24-/m0/s1. The van der Waals surface area contributed by atoms with Crippen LogP contribution in [-0.4, -0.2) is 42.4 Å². The second-order valence-electron chi connectivity index (χ2n) is 13.6. The Morgan fingerprint density at radius 2 is 1.00 bits per heavy atom. The van der Waals surface area contributed by atoms with Gasteiger partial charge < -0.3 is 13.5 Å². The average molecular weight is 487 g/mol. The Balaban J connectivity index is 4.58. The molecule has 0 bridgehead atoms. The molecule has 32 heavy (non-hydrogen) atoms. The molecule has 0 fully saturated rings. The first-order valence-corrected chi connectivity index (χ1v) is 19.1. The third kappa shape index (κ3) is 12.7. The van der Waals surface area contributed by atoms with E-state index in [1.54, 1.807) is 0 Å². The average Bonchev–Trinajstić information content (AvgIpc) is 2.56. The van der Waals surface area contributed by atoms with Gasteiger partial charge in [-0.2, -0.15) is 0 Å². The minimum atomic E-state index is -1.68. The summed E-state index contributed by atoms with van der Waals surface area (Å²) >= 11 is 0. The van der Waals surface area contributed by atoms with E-state index in [0.29, 0.717) is 25.0 Å². The van der Waals surface area contributed by atoms with Gasteiger partial charge in [0.05, 0.1) is 0 Å². The fraction of sp³-hybridized carbons (Fsp3) is 1.00. The van der Waals surface area contributed by atoms with Crippen molar-refractivity contribution in [3.63, 3.8) is 0 Å². The molecule has 2 atom stereocenters. The summed E-state index contributed by atoms with van der Waals surface area (Å²) in [5, 5.41) is 0.542. The Morgan fingerprint density at radius 3 is 1.28 bits per heavy atom. The zero-order chi connectivity index (χ0) is 25.4. The first kappa shape index (κ1) is 32.4. The lowest BCUT2D eigenvalue weighted by molar-refractivity contribution is 0.186. The molecule has 0 saturated carbocycles. The highest BCUT2D eigenvalue weighted by Crippen LogP contribution is 2.38. The summed E-state index contributed by atoms with van der Waals surface area (Å²) in [4.78, 5) is 0. The summed E-state index contributed by atoms with van der Waals surface area (Å²) in [6.07, 6.45) is 7.53. The van der Waals surface area contributed by atoms with Crippen molar-refractivity contribution in [2.45, 2.75) is 156 Å². The van der Waals surface area contributed by atoms with Crippen LogP contribution in [0.4, 0.5) is 0 Å². The Morgan fingerprint density at radius 1 is 0.656 bits per heavy atom. The molecule has 0 aromatic carbocycles. The molecule has 192 valence electrons. The van der Waals surface area contributed by atoms with Crippen molar-refractivity contribution in [1.82, 2.24) is 0 Å². The lowest BCUT2D eigenvalue weighted by atomic mass is 9.59. The molecule has 0 spiro atoms. The Labute approximate surface area is 205 Å². The summed E-state index contributed by atoms with van der Waals surface area (Å²) in [5.41, 5.74) is 0. The minimum absolute atomic E-state index is 0.271. The van der Waals surface area contributed by atoms with Crippen molar-refractivity contribution in [1.29, 1.82) is 0 Å². The van der Waals surface area contributed by atoms with Crippen LogP contribution in [0.2, 0.25) is 48.9 Å². The Hall–Kier alpha value is 0.379. The van der Waals surface area contributed by atoms with Crippen LogP contribution >= 0.6 is 0 Å². The van der Waals surface area contributed by atoms with Gasteiger partial charge >= 0.3 is 0 Å². The topological polar surface area (TPSA) is 27.7 Å². The van der Waals surface area contributed by atoms with E-state index >= 15 is 0 Å². The molecule has 0 saturated heterocycles. The first-order valence-electron chi connectivity index (χ1n) is 13.3. The molecular formula is C26H59BO3Si2. The van der Waals surface area contributed by atoms with Crippen LogP contribution in [0.1, 0.15) is 94.9 Å². The van der Waals surface area contributed by atoms with Crippen LogP contribution in [0.25, 0.3) is 0 Å². The van der Waals surface area contributed by atoms with Crippen LogP contribution in [0.15, 0.2) is 0 Å². The van der Waals surface area contributed by atoms with E-state index in [2.05, 4.69) is 95.4 Å². The fourth-order valence-electron chi connectivity index (χ4n) is 3.38. The number of hydrogen-bond donors (Lipinski definition) is 0. The second-order valence-corrected chi connectivity index (χ2v) is 23.1. The third-order valence-corrected chi connectivity index (χ3v) is 16.8. The van der Waals surface area contributed by atoms with Crippen molar-refractivity contribution in [2.75, 3.05) is 6.61 Å². The summed E-state index contributed by atoms with van der Waals surface area (Å²) in [7, 11) is -3.37. The predicted molar refractivity (Wildman–Crippen MR) is 150 cm³/mol. The molecule has 0 rings (SSSR count). The smallest absolute Gasteiger partial charge is 0.293 e. The van der Waals surface area contributed by atoms with Crippen LogP contribution in [0, 0.1) is 5.92 Å². The maximum atomic E-state index is 6.55. The van der Waals surface area contributed by atoms with E-state index in [0.717, 1.165) is 32.1 Å². The van der Waals surface area contributed by atoms with Crippen molar-refractivity contribution < 1.29 is 13.5 Å². The highest BCUT2D eigenvalue weighted by Gasteiger charge is 2.39. The highest BCUT2D eigenvalue weighted by atomic mass is 28.4. The zero-order valence-electron chi connectivity index (χ0n) is 24.5. The molecule has 0 aromatic heterocycles. The van der Waals surface area contributed by atoms with Crippen molar-refractivity contribution in [3.05, 3.63) is 0 Å². The lowest BCUT2D eigenvalue weighted by Gasteiger charge is -2.38. The van der Waals surface area contributed by atoms with Crippen molar-refractivity contribution in [3.8, 4) is 0 Å². The van der Waals surface area contributed by atoms with Gasteiger partial charge in [0.1, 0.15) is 0 Å². The van der Waals surface area contributed by atoms with Gasteiger partial charge in [-0.1, -0.05) is 68.2 Å². The third-order valence-electron chi connectivity index (χ3n) is 7.54. The molecule has 0 aliphatic heterocycles. The molecule has 0 amide bonds. The molecular weight excluding hydrogens is 427 g/mol. The van der Waals surface area contributed by atoms with E-state index in [1.165, 1.54) is 12.8 Å². The quantitative estimate of drug-likeness (QED) is 0.216. The van der Waals surface area contributed by atoms with E-state index in [1.807, 2.05) is 0 Å². The van der Waals surface area contributed by atoms with Crippen LogP contribution < -0.4 is 0 Å².